The molecule has 20 heavy (non-hydrogen) atoms. The van der Waals surface area contributed by atoms with E-state index < -0.39 is 0 Å². The fraction of sp³-hybridized carbons (Fsp3) is 0.0625. The quantitative estimate of drug-likeness (QED) is 0.797. The fourth-order valence-electron chi connectivity index (χ4n) is 2.19. The molecule has 0 N–H and O–H groups in total. The molecule has 1 aliphatic carbocycles. The molecule has 0 unspecified atom stereocenters. The topological polar surface area (TPSA) is 46.5 Å². The molecule has 2 aromatic rings. The van der Waals surface area contributed by atoms with E-state index in [2.05, 4.69) is 4.99 Å². The average Bonchev–Trinajstić information content (AvgIpc) is 2.47. The van der Waals surface area contributed by atoms with Gasteiger partial charge in [-0.1, -0.05) is 48.0 Å². The van der Waals surface area contributed by atoms with Crippen LogP contribution in [0.4, 0.5) is 5.69 Å². The van der Waals surface area contributed by atoms with Gasteiger partial charge in [-0.05, 0) is 12.1 Å². The summed E-state index contributed by atoms with van der Waals surface area (Å²) in [7, 11) is 0. The number of rotatable bonds is 1. The van der Waals surface area contributed by atoms with Gasteiger partial charge in [0.15, 0.2) is 5.78 Å². The van der Waals surface area contributed by atoms with E-state index in [-0.39, 0.29) is 23.7 Å². The van der Waals surface area contributed by atoms with Gasteiger partial charge in [-0.15, -0.1) is 0 Å². The maximum absolute atomic E-state index is 12.4. The lowest BCUT2D eigenvalue weighted by atomic mass is 9.88. The van der Waals surface area contributed by atoms with Gasteiger partial charge in [-0.25, -0.2) is 4.99 Å². The Morgan fingerprint density at radius 2 is 1.55 bits per heavy atom. The number of carbonyl (C=O) groups is 2. The Labute approximate surface area is 120 Å². The summed E-state index contributed by atoms with van der Waals surface area (Å²) in [6.07, 6.45) is 0.0150. The van der Waals surface area contributed by atoms with E-state index in [0.29, 0.717) is 21.8 Å². The van der Waals surface area contributed by atoms with Gasteiger partial charge in [0.25, 0.3) is 0 Å². The summed E-state index contributed by atoms with van der Waals surface area (Å²) in [6.45, 7) is 0. The van der Waals surface area contributed by atoms with E-state index in [4.69, 9.17) is 11.6 Å². The van der Waals surface area contributed by atoms with Gasteiger partial charge in [-0.3, -0.25) is 9.59 Å². The molecular formula is C16H10ClNO2. The molecule has 0 saturated heterocycles. The summed E-state index contributed by atoms with van der Waals surface area (Å²) in [4.78, 5) is 28.7. The predicted molar refractivity (Wildman–Crippen MR) is 78.3 cm³/mol. The van der Waals surface area contributed by atoms with Gasteiger partial charge in [0, 0.05) is 11.1 Å². The minimum Gasteiger partial charge on any atom is -0.294 e. The molecular weight excluding hydrogens is 274 g/mol. The van der Waals surface area contributed by atoms with Crippen LogP contribution in [0.5, 0.6) is 0 Å². The zero-order valence-electron chi connectivity index (χ0n) is 10.5. The molecule has 0 bridgehead atoms. The van der Waals surface area contributed by atoms with Crippen LogP contribution >= 0.6 is 11.6 Å². The molecule has 98 valence electrons. The molecule has 0 heterocycles. The van der Waals surface area contributed by atoms with Crippen molar-refractivity contribution >= 4 is 34.6 Å². The minimum atomic E-state index is -0.208. The molecule has 3 nitrogen and oxygen atoms in total. The first kappa shape index (κ1) is 12.8. The van der Waals surface area contributed by atoms with Gasteiger partial charge >= 0.3 is 0 Å². The van der Waals surface area contributed by atoms with Gasteiger partial charge in [0.1, 0.15) is 0 Å². The zero-order chi connectivity index (χ0) is 14.1. The summed E-state index contributed by atoms with van der Waals surface area (Å²) in [5, 5.41) is 0.458. The SMILES string of the molecule is O=C1CC(=Nc2ccccc2Cl)C(=O)c2ccccc21. The maximum atomic E-state index is 12.4. The highest BCUT2D eigenvalue weighted by Gasteiger charge is 2.28. The molecule has 0 spiro atoms. The first-order chi connectivity index (χ1) is 9.66. The van der Waals surface area contributed by atoms with Crippen LogP contribution in [0, 0.1) is 0 Å². The highest BCUT2D eigenvalue weighted by Crippen LogP contribution is 2.27. The van der Waals surface area contributed by atoms with Gasteiger partial charge < -0.3 is 0 Å². The number of ketones is 2. The number of aliphatic imine (C=N–C) groups is 1. The molecule has 3 rings (SSSR count). The fourth-order valence-corrected chi connectivity index (χ4v) is 2.36. The second-order valence-corrected chi connectivity index (χ2v) is 4.89. The molecule has 0 aromatic heterocycles. The lowest BCUT2D eigenvalue weighted by Crippen LogP contribution is -2.26. The molecule has 4 heteroatoms. The number of carbonyl (C=O) groups excluding carboxylic acids is 2. The monoisotopic (exact) mass is 283 g/mol. The van der Waals surface area contributed by atoms with Crippen molar-refractivity contribution in [1.29, 1.82) is 0 Å². The Morgan fingerprint density at radius 3 is 2.30 bits per heavy atom. The Hall–Kier alpha value is -2.26. The average molecular weight is 284 g/mol. The summed E-state index contributed by atoms with van der Waals surface area (Å²) in [5.41, 5.74) is 1.62. The molecule has 0 amide bonds. The first-order valence-corrected chi connectivity index (χ1v) is 6.53. The van der Waals surface area contributed by atoms with E-state index in [1.807, 2.05) is 0 Å². The zero-order valence-corrected chi connectivity index (χ0v) is 11.2. The largest absolute Gasteiger partial charge is 0.294 e. The smallest absolute Gasteiger partial charge is 0.208 e. The van der Waals surface area contributed by atoms with Crippen LogP contribution in [0.25, 0.3) is 0 Å². The van der Waals surface area contributed by atoms with E-state index in [0.717, 1.165) is 0 Å². The molecule has 2 aromatic carbocycles. The second-order valence-electron chi connectivity index (χ2n) is 4.48. The van der Waals surface area contributed by atoms with Crippen molar-refractivity contribution in [3.63, 3.8) is 0 Å². The van der Waals surface area contributed by atoms with Crippen LogP contribution in [0.2, 0.25) is 5.02 Å². The van der Waals surface area contributed by atoms with Gasteiger partial charge in [0.2, 0.25) is 5.78 Å². The Bertz CT molecular complexity index is 750. The standard InChI is InChI=1S/C16H10ClNO2/c17-12-7-3-4-8-13(12)18-14-9-15(19)10-5-1-2-6-11(10)16(14)20/h1-8H,9H2. The number of fused-ring (bicyclic) bond motifs is 1. The number of hydrogen-bond acceptors (Lipinski definition) is 3. The Balaban J connectivity index is 2.08. The summed E-state index contributed by atoms with van der Waals surface area (Å²) in [5.74, 6) is -0.300. The van der Waals surface area contributed by atoms with Crippen molar-refractivity contribution in [3.05, 3.63) is 64.7 Å². The Morgan fingerprint density at radius 1 is 0.900 bits per heavy atom. The van der Waals surface area contributed by atoms with Crippen molar-refractivity contribution in [1.82, 2.24) is 0 Å². The van der Waals surface area contributed by atoms with Gasteiger partial charge in [-0.2, -0.15) is 0 Å². The number of benzene rings is 2. The normalized spacial score (nSPS) is 16.4. The van der Waals surface area contributed by atoms with Crippen molar-refractivity contribution in [3.8, 4) is 0 Å². The van der Waals surface area contributed by atoms with Crippen LogP contribution in [-0.4, -0.2) is 17.3 Å². The summed E-state index contributed by atoms with van der Waals surface area (Å²) in [6, 6.07) is 13.8. The summed E-state index contributed by atoms with van der Waals surface area (Å²) >= 11 is 6.02. The highest BCUT2D eigenvalue weighted by molar-refractivity contribution is 6.53. The molecule has 0 fully saturated rings. The lowest BCUT2D eigenvalue weighted by Gasteiger charge is -2.15. The second kappa shape index (κ2) is 5.02. The van der Waals surface area contributed by atoms with Crippen molar-refractivity contribution in [2.45, 2.75) is 6.42 Å². The molecule has 0 aliphatic heterocycles. The number of hydrogen-bond donors (Lipinski definition) is 0. The van der Waals surface area contributed by atoms with E-state index in [1.54, 1.807) is 48.5 Å². The number of Topliss-reactive ketones (excluding diaryl/α,β-unsaturated/α-hetero) is 2. The van der Waals surface area contributed by atoms with E-state index >= 15 is 0 Å². The minimum absolute atomic E-state index is 0.0150. The van der Waals surface area contributed by atoms with E-state index in [9.17, 15) is 9.59 Å². The third-order valence-electron chi connectivity index (χ3n) is 3.17. The highest BCUT2D eigenvalue weighted by atomic mass is 35.5. The van der Waals surface area contributed by atoms with Crippen molar-refractivity contribution in [2.24, 2.45) is 4.99 Å². The predicted octanol–water partition coefficient (Wildman–Crippen LogP) is 3.88. The molecule has 0 radical (unpaired) electrons. The maximum Gasteiger partial charge on any atom is 0.208 e. The number of para-hydroxylation sites is 1. The van der Waals surface area contributed by atoms with Crippen LogP contribution < -0.4 is 0 Å². The lowest BCUT2D eigenvalue weighted by molar-refractivity contribution is 0.0965. The molecule has 1 aliphatic rings. The third kappa shape index (κ3) is 2.17. The van der Waals surface area contributed by atoms with E-state index in [1.165, 1.54) is 0 Å². The van der Waals surface area contributed by atoms with Crippen molar-refractivity contribution < 1.29 is 9.59 Å². The number of nitrogens with zero attached hydrogens (tertiary/aromatic N) is 1. The van der Waals surface area contributed by atoms with Crippen LogP contribution in [0.15, 0.2) is 53.5 Å². The molecule has 0 atom stereocenters. The number of halogens is 1. The van der Waals surface area contributed by atoms with Crippen LogP contribution in [0.3, 0.4) is 0 Å². The van der Waals surface area contributed by atoms with Gasteiger partial charge in [0.05, 0.1) is 22.8 Å². The van der Waals surface area contributed by atoms with Crippen LogP contribution in [-0.2, 0) is 0 Å². The first-order valence-electron chi connectivity index (χ1n) is 6.16. The third-order valence-corrected chi connectivity index (χ3v) is 3.49. The molecule has 0 saturated carbocycles. The van der Waals surface area contributed by atoms with Crippen molar-refractivity contribution in [2.75, 3.05) is 0 Å². The van der Waals surface area contributed by atoms with Crippen LogP contribution in [0.1, 0.15) is 27.1 Å². The summed E-state index contributed by atoms with van der Waals surface area (Å²) < 4.78 is 0. The Kier molecular flexibility index (Phi) is 3.20.